The summed E-state index contributed by atoms with van der Waals surface area (Å²) in [6, 6.07) is 10.5. The number of nitrogens with zero attached hydrogens (tertiary/aromatic N) is 2. The third kappa shape index (κ3) is 5.79. The van der Waals surface area contributed by atoms with Crippen LogP contribution in [0.3, 0.4) is 0 Å². The van der Waals surface area contributed by atoms with Gasteiger partial charge in [-0.15, -0.1) is 0 Å². The van der Waals surface area contributed by atoms with E-state index < -0.39 is 10.1 Å². The predicted octanol–water partition coefficient (Wildman–Crippen LogP) is 3.03. The zero-order valence-corrected chi connectivity index (χ0v) is 19.0. The zero-order valence-electron chi connectivity index (χ0n) is 18.2. The average molecular weight is 459 g/mol. The highest BCUT2D eigenvalue weighted by Crippen LogP contribution is 2.41. The molecule has 0 unspecified atom stereocenters. The van der Waals surface area contributed by atoms with Gasteiger partial charge in [-0.2, -0.15) is 13.4 Å². The molecule has 170 valence electrons. The first-order valence-electron chi connectivity index (χ1n) is 9.99. The topological polar surface area (TPSA) is 140 Å². The average Bonchev–Trinajstić information content (AvgIpc) is 2.70. The van der Waals surface area contributed by atoms with Gasteiger partial charge in [-0.1, -0.05) is 12.1 Å². The van der Waals surface area contributed by atoms with E-state index >= 15 is 0 Å². The van der Waals surface area contributed by atoms with Crippen molar-refractivity contribution >= 4 is 21.9 Å². The zero-order chi connectivity index (χ0) is 23.3. The number of hydrogen-bond donors (Lipinski definition) is 2. The molecule has 0 saturated carbocycles. The third-order valence-corrected chi connectivity index (χ3v) is 4.92. The lowest BCUT2D eigenvalue weighted by molar-refractivity contribution is 0.325. The number of hydrogen-bond acceptors (Lipinski definition) is 9. The standard InChI is InChI=1S/C22H26N4O5S/c1-4-29-18-11-14(10-16-13-25-22(24)26-21(16)23)12-19(30-5-2)20(18)15-6-8-17(9-7-15)31-32(3,27)28/h6-9,11-13H,4-5,10H2,1-3H3,(H4,23,24,25,26). The number of nitrogens with two attached hydrogens (primary N) is 2. The van der Waals surface area contributed by atoms with E-state index in [1.165, 1.54) is 0 Å². The number of rotatable bonds is 9. The lowest BCUT2D eigenvalue weighted by atomic mass is 9.98. The Hall–Kier alpha value is -3.53. The maximum absolute atomic E-state index is 11.4. The summed E-state index contributed by atoms with van der Waals surface area (Å²) in [6.45, 7) is 4.69. The van der Waals surface area contributed by atoms with Gasteiger partial charge in [-0.3, -0.25) is 0 Å². The third-order valence-electron chi connectivity index (χ3n) is 4.43. The van der Waals surface area contributed by atoms with Crippen LogP contribution in [0.5, 0.6) is 17.2 Å². The van der Waals surface area contributed by atoms with Crippen LogP contribution in [0.25, 0.3) is 11.1 Å². The summed E-state index contributed by atoms with van der Waals surface area (Å²) in [5.41, 5.74) is 14.8. The van der Waals surface area contributed by atoms with Crippen LogP contribution in [-0.4, -0.2) is 37.9 Å². The van der Waals surface area contributed by atoms with Crippen molar-refractivity contribution in [1.82, 2.24) is 9.97 Å². The van der Waals surface area contributed by atoms with Gasteiger partial charge < -0.3 is 25.1 Å². The lowest BCUT2D eigenvalue weighted by Gasteiger charge is -2.18. The van der Waals surface area contributed by atoms with Crippen molar-refractivity contribution < 1.29 is 22.1 Å². The minimum absolute atomic E-state index is 0.120. The monoisotopic (exact) mass is 458 g/mol. The maximum Gasteiger partial charge on any atom is 0.306 e. The molecule has 3 rings (SSSR count). The van der Waals surface area contributed by atoms with Crippen molar-refractivity contribution in [1.29, 1.82) is 0 Å². The molecule has 0 aliphatic carbocycles. The second-order valence-electron chi connectivity index (χ2n) is 6.96. The van der Waals surface area contributed by atoms with Gasteiger partial charge in [0.2, 0.25) is 5.95 Å². The number of ether oxygens (including phenoxy) is 2. The summed E-state index contributed by atoms with van der Waals surface area (Å²) in [5, 5.41) is 0. The Kier molecular flexibility index (Phi) is 7.04. The number of aromatic nitrogens is 2. The van der Waals surface area contributed by atoms with Crippen LogP contribution in [0.1, 0.15) is 25.0 Å². The van der Waals surface area contributed by atoms with E-state index in [9.17, 15) is 8.42 Å². The van der Waals surface area contributed by atoms with Crippen molar-refractivity contribution in [3.8, 4) is 28.4 Å². The van der Waals surface area contributed by atoms with Crippen LogP contribution in [0.15, 0.2) is 42.6 Å². The first-order valence-corrected chi connectivity index (χ1v) is 11.8. The predicted molar refractivity (Wildman–Crippen MR) is 123 cm³/mol. The molecule has 1 aromatic heterocycles. The first kappa shape index (κ1) is 23.1. The van der Waals surface area contributed by atoms with Gasteiger partial charge in [0, 0.05) is 18.2 Å². The van der Waals surface area contributed by atoms with Gasteiger partial charge in [0.05, 0.1) is 25.0 Å². The lowest BCUT2D eigenvalue weighted by Crippen LogP contribution is -2.06. The van der Waals surface area contributed by atoms with Crippen LogP contribution in [0.2, 0.25) is 0 Å². The summed E-state index contributed by atoms with van der Waals surface area (Å²) in [6.07, 6.45) is 3.07. The molecule has 0 aliphatic heterocycles. The minimum atomic E-state index is -3.61. The number of anilines is 2. The normalized spacial score (nSPS) is 11.2. The molecule has 9 nitrogen and oxygen atoms in total. The van der Waals surface area contributed by atoms with Gasteiger partial charge >= 0.3 is 10.1 Å². The molecule has 4 N–H and O–H groups in total. The summed E-state index contributed by atoms with van der Waals surface area (Å²) in [7, 11) is -3.61. The SMILES string of the molecule is CCOc1cc(Cc2cnc(N)nc2N)cc(OCC)c1-c1ccc(OS(C)(=O)=O)cc1. The van der Waals surface area contributed by atoms with Gasteiger partial charge in [0.1, 0.15) is 23.1 Å². The summed E-state index contributed by atoms with van der Waals surface area (Å²) >= 11 is 0. The fourth-order valence-electron chi connectivity index (χ4n) is 3.21. The molecule has 0 spiro atoms. The Morgan fingerprint density at radius 1 is 0.969 bits per heavy atom. The van der Waals surface area contributed by atoms with E-state index in [0.29, 0.717) is 37.0 Å². The van der Waals surface area contributed by atoms with E-state index in [1.807, 2.05) is 26.0 Å². The van der Waals surface area contributed by atoms with Gasteiger partial charge in [0.25, 0.3) is 0 Å². The fraction of sp³-hybridized carbons (Fsp3) is 0.273. The first-order chi connectivity index (χ1) is 15.2. The van der Waals surface area contributed by atoms with Crippen LogP contribution in [0, 0.1) is 0 Å². The highest BCUT2D eigenvalue weighted by Gasteiger charge is 2.17. The minimum Gasteiger partial charge on any atom is -0.493 e. The molecular formula is C22H26N4O5S. The maximum atomic E-state index is 11.4. The van der Waals surface area contributed by atoms with E-state index in [-0.39, 0.29) is 11.7 Å². The largest absolute Gasteiger partial charge is 0.493 e. The quantitative estimate of drug-likeness (QED) is 0.463. The molecule has 0 saturated heterocycles. The molecule has 1 heterocycles. The van der Waals surface area contributed by atoms with Crippen LogP contribution in [0.4, 0.5) is 11.8 Å². The Morgan fingerprint density at radius 3 is 2.06 bits per heavy atom. The van der Waals surface area contributed by atoms with Gasteiger partial charge in [0.15, 0.2) is 0 Å². The molecule has 0 aliphatic rings. The second kappa shape index (κ2) is 9.73. The van der Waals surface area contributed by atoms with Crippen LogP contribution < -0.4 is 25.1 Å². The fourth-order valence-corrected chi connectivity index (χ4v) is 3.67. The van der Waals surface area contributed by atoms with Crippen molar-refractivity contribution in [3.05, 3.63) is 53.7 Å². The highest BCUT2D eigenvalue weighted by atomic mass is 32.2. The van der Waals surface area contributed by atoms with E-state index in [4.69, 9.17) is 25.1 Å². The molecule has 10 heteroatoms. The second-order valence-corrected chi connectivity index (χ2v) is 8.54. The van der Waals surface area contributed by atoms with Crippen LogP contribution in [-0.2, 0) is 16.5 Å². The number of benzene rings is 2. The molecule has 0 radical (unpaired) electrons. The molecular weight excluding hydrogens is 432 g/mol. The van der Waals surface area contributed by atoms with Gasteiger partial charge in [-0.05, 0) is 49.2 Å². The number of nitrogen functional groups attached to an aromatic ring is 2. The van der Waals surface area contributed by atoms with Crippen LogP contribution >= 0.6 is 0 Å². The molecule has 2 aromatic carbocycles. The van der Waals surface area contributed by atoms with E-state index in [2.05, 4.69) is 9.97 Å². The smallest absolute Gasteiger partial charge is 0.306 e. The van der Waals surface area contributed by atoms with Crippen molar-refractivity contribution in [2.24, 2.45) is 0 Å². The highest BCUT2D eigenvalue weighted by molar-refractivity contribution is 7.86. The molecule has 0 amide bonds. The Balaban J connectivity index is 2.04. The Morgan fingerprint density at radius 2 is 1.56 bits per heavy atom. The molecule has 32 heavy (non-hydrogen) atoms. The van der Waals surface area contributed by atoms with E-state index in [1.54, 1.807) is 30.5 Å². The van der Waals surface area contributed by atoms with Crippen molar-refractivity contribution in [2.75, 3.05) is 30.9 Å². The molecule has 0 fully saturated rings. The summed E-state index contributed by atoms with van der Waals surface area (Å²) < 4.78 is 39.5. The molecule has 0 atom stereocenters. The molecule has 0 bridgehead atoms. The van der Waals surface area contributed by atoms with Crippen molar-refractivity contribution in [3.63, 3.8) is 0 Å². The summed E-state index contributed by atoms with van der Waals surface area (Å²) in [4.78, 5) is 8.04. The van der Waals surface area contributed by atoms with Crippen molar-refractivity contribution in [2.45, 2.75) is 20.3 Å². The molecule has 3 aromatic rings. The van der Waals surface area contributed by atoms with E-state index in [0.717, 1.165) is 28.5 Å². The van der Waals surface area contributed by atoms with Gasteiger partial charge in [-0.25, -0.2) is 4.98 Å². The Bertz CT molecular complexity index is 1170. The summed E-state index contributed by atoms with van der Waals surface area (Å²) in [5.74, 6) is 1.91. The Labute approximate surface area is 187 Å².